The molecule has 2 unspecified atom stereocenters. The third kappa shape index (κ3) is 2.67. The minimum Gasteiger partial charge on any atom is -0.465 e. The molecule has 2 aliphatic rings. The molecular weight excluding hydrogens is 312 g/mol. The second kappa shape index (κ2) is 6.49. The van der Waals surface area contributed by atoms with E-state index in [1.807, 2.05) is 6.92 Å². The SMILES string of the molecule is CCC(=O)OCC1(CC)CCCN2CCc3c([nH]c4ccccc34)C21. The van der Waals surface area contributed by atoms with Gasteiger partial charge >= 0.3 is 5.97 Å². The number of aromatic amines is 1. The summed E-state index contributed by atoms with van der Waals surface area (Å²) in [4.78, 5) is 18.2. The molecule has 4 nitrogen and oxygen atoms in total. The third-order valence-electron chi connectivity index (χ3n) is 6.35. The number of H-pyrrole nitrogens is 1. The van der Waals surface area contributed by atoms with Gasteiger partial charge in [0.05, 0.1) is 12.6 Å². The molecule has 1 aromatic carbocycles. The Labute approximate surface area is 149 Å². The van der Waals surface area contributed by atoms with Gasteiger partial charge in [0.2, 0.25) is 0 Å². The predicted octanol–water partition coefficient (Wildman–Crippen LogP) is 4.21. The molecule has 1 saturated heterocycles. The summed E-state index contributed by atoms with van der Waals surface area (Å²) in [6.07, 6.45) is 4.89. The van der Waals surface area contributed by atoms with Gasteiger partial charge in [0.1, 0.15) is 0 Å². The van der Waals surface area contributed by atoms with E-state index in [-0.39, 0.29) is 11.4 Å². The van der Waals surface area contributed by atoms with Crippen LogP contribution in [-0.4, -0.2) is 35.5 Å². The number of carbonyl (C=O) groups is 1. The Morgan fingerprint density at radius 3 is 2.96 bits per heavy atom. The van der Waals surface area contributed by atoms with Gasteiger partial charge in [-0.3, -0.25) is 9.69 Å². The van der Waals surface area contributed by atoms with Crippen LogP contribution in [0.2, 0.25) is 0 Å². The molecule has 1 N–H and O–H groups in total. The molecule has 2 aromatic rings. The van der Waals surface area contributed by atoms with E-state index < -0.39 is 0 Å². The number of esters is 1. The molecule has 2 atom stereocenters. The molecule has 0 spiro atoms. The number of hydrogen-bond donors (Lipinski definition) is 1. The van der Waals surface area contributed by atoms with E-state index >= 15 is 0 Å². The highest BCUT2D eigenvalue weighted by Gasteiger charge is 2.48. The van der Waals surface area contributed by atoms with Crippen LogP contribution >= 0.6 is 0 Å². The zero-order chi connectivity index (χ0) is 17.4. The minimum atomic E-state index is -0.0855. The lowest BCUT2D eigenvalue weighted by Gasteiger charge is -2.51. The number of nitrogens with zero attached hydrogens (tertiary/aromatic N) is 1. The molecule has 0 bridgehead atoms. The van der Waals surface area contributed by atoms with E-state index in [4.69, 9.17) is 4.74 Å². The molecule has 0 saturated carbocycles. The Balaban J connectivity index is 1.77. The molecule has 3 heterocycles. The molecule has 0 radical (unpaired) electrons. The maximum atomic E-state index is 11.8. The van der Waals surface area contributed by atoms with Crippen LogP contribution < -0.4 is 0 Å². The van der Waals surface area contributed by atoms with Crippen LogP contribution in [0.4, 0.5) is 0 Å². The van der Waals surface area contributed by atoms with Crippen LogP contribution in [0.3, 0.4) is 0 Å². The second-order valence-electron chi connectivity index (χ2n) is 7.59. The van der Waals surface area contributed by atoms with Crippen LogP contribution in [0, 0.1) is 5.41 Å². The van der Waals surface area contributed by atoms with Gasteiger partial charge in [-0.15, -0.1) is 0 Å². The average molecular weight is 340 g/mol. The van der Waals surface area contributed by atoms with Gasteiger partial charge in [0.25, 0.3) is 0 Å². The molecule has 0 amide bonds. The van der Waals surface area contributed by atoms with Gasteiger partial charge in [-0.2, -0.15) is 0 Å². The van der Waals surface area contributed by atoms with Crippen molar-refractivity contribution in [2.45, 2.75) is 52.0 Å². The summed E-state index contributed by atoms with van der Waals surface area (Å²) < 4.78 is 5.68. The van der Waals surface area contributed by atoms with Gasteiger partial charge in [-0.25, -0.2) is 0 Å². The molecule has 134 valence electrons. The number of para-hydroxylation sites is 1. The van der Waals surface area contributed by atoms with E-state index in [0.29, 0.717) is 19.1 Å². The number of benzene rings is 1. The van der Waals surface area contributed by atoms with E-state index in [0.717, 1.165) is 32.4 Å². The van der Waals surface area contributed by atoms with E-state index in [9.17, 15) is 4.79 Å². The molecule has 1 fully saturated rings. The number of rotatable bonds is 4. The summed E-state index contributed by atoms with van der Waals surface area (Å²) in [6.45, 7) is 6.89. The maximum absolute atomic E-state index is 11.8. The maximum Gasteiger partial charge on any atom is 0.305 e. The Bertz CT molecular complexity index is 781. The standard InChI is InChI=1S/C21H28N2O2/c1-3-18(24)25-14-21(4-2)11-7-12-23-13-10-16-15-8-5-6-9-17(15)22-19(16)20(21)23/h5-6,8-9,20,22H,3-4,7,10-14H2,1-2H3. The third-order valence-corrected chi connectivity index (χ3v) is 6.35. The number of fused-ring (bicyclic) bond motifs is 5. The Kier molecular flexibility index (Phi) is 4.32. The molecule has 1 aromatic heterocycles. The van der Waals surface area contributed by atoms with Crippen molar-refractivity contribution >= 4 is 16.9 Å². The van der Waals surface area contributed by atoms with Crippen molar-refractivity contribution in [2.24, 2.45) is 5.41 Å². The number of aromatic nitrogens is 1. The summed E-state index contributed by atoms with van der Waals surface area (Å²) in [5.41, 5.74) is 4.08. The quantitative estimate of drug-likeness (QED) is 0.848. The van der Waals surface area contributed by atoms with Gasteiger partial charge in [-0.1, -0.05) is 32.0 Å². The summed E-state index contributed by atoms with van der Waals surface area (Å²) in [5, 5.41) is 1.36. The smallest absolute Gasteiger partial charge is 0.305 e. The van der Waals surface area contributed by atoms with Crippen LogP contribution in [0.25, 0.3) is 10.9 Å². The highest BCUT2D eigenvalue weighted by Crippen LogP contribution is 2.51. The number of ether oxygens (including phenoxy) is 1. The monoisotopic (exact) mass is 340 g/mol. The van der Waals surface area contributed by atoms with E-state index in [2.05, 4.69) is 41.1 Å². The normalized spacial score (nSPS) is 26.2. The van der Waals surface area contributed by atoms with E-state index in [1.165, 1.54) is 28.6 Å². The van der Waals surface area contributed by atoms with Crippen molar-refractivity contribution in [3.63, 3.8) is 0 Å². The van der Waals surface area contributed by atoms with Crippen LogP contribution in [0.15, 0.2) is 24.3 Å². The summed E-state index contributed by atoms with van der Waals surface area (Å²) in [7, 11) is 0. The van der Waals surface area contributed by atoms with Crippen molar-refractivity contribution in [3.8, 4) is 0 Å². The molecule has 0 aliphatic carbocycles. The topological polar surface area (TPSA) is 45.3 Å². The Morgan fingerprint density at radius 1 is 1.32 bits per heavy atom. The number of piperidine rings is 1. The van der Waals surface area contributed by atoms with Crippen molar-refractivity contribution in [2.75, 3.05) is 19.7 Å². The molecule has 2 aliphatic heterocycles. The summed E-state index contributed by atoms with van der Waals surface area (Å²) in [5.74, 6) is -0.0855. The van der Waals surface area contributed by atoms with Crippen molar-refractivity contribution in [1.82, 2.24) is 9.88 Å². The second-order valence-corrected chi connectivity index (χ2v) is 7.59. The first kappa shape index (κ1) is 16.6. The van der Waals surface area contributed by atoms with E-state index in [1.54, 1.807) is 0 Å². The average Bonchev–Trinajstić information content (AvgIpc) is 3.04. The van der Waals surface area contributed by atoms with Crippen molar-refractivity contribution in [1.29, 1.82) is 0 Å². The summed E-state index contributed by atoms with van der Waals surface area (Å²) >= 11 is 0. The molecule has 4 rings (SSSR count). The number of hydrogen-bond acceptors (Lipinski definition) is 3. The minimum absolute atomic E-state index is 0.0130. The lowest BCUT2D eigenvalue weighted by atomic mass is 9.68. The molecule has 25 heavy (non-hydrogen) atoms. The fourth-order valence-electron chi connectivity index (χ4n) is 4.95. The van der Waals surface area contributed by atoms with Gasteiger partial charge in [0, 0.05) is 35.0 Å². The van der Waals surface area contributed by atoms with Crippen LogP contribution in [0.1, 0.15) is 56.8 Å². The lowest BCUT2D eigenvalue weighted by Crippen LogP contribution is -2.51. The fraction of sp³-hybridized carbons (Fsp3) is 0.571. The van der Waals surface area contributed by atoms with Crippen LogP contribution in [-0.2, 0) is 16.0 Å². The highest BCUT2D eigenvalue weighted by atomic mass is 16.5. The van der Waals surface area contributed by atoms with Gasteiger partial charge in [0.15, 0.2) is 0 Å². The van der Waals surface area contributed by atoms with Gasteiger partial charge in [-0.05, 0) is 43.9 Å². The fourth-order valence-corrected chi connectivity index (χ4v) is 4.95. The van der Waals surface area contributed by atoms with Crippen molar-refractivity contribution in [3.05, 3.63) is 35.5 Å². The number of carbonyl (C=O) groups excluding carboxylic acids is 1. The highest BCUT2D eigenvalue weighted by molar-refractivity contribution is 5.85. The predicted molar refractivity (Wildman–Crippen MR) is 99.5 cm³/mol. The molecular formula is C21H28N2O2. The zero-order valence-corrected chi connectivity index (χ0v) is 15.3. The lowest BCUT2D eigenvalue weighted by molar-refractivity contribution is -0.151. The van der Waals surface area contributed by atoms with Crippen molar-refractivity contribution < 1.29 is 9.53 Å². The number of nitrogens with one attached hydrogen (secondary N) is 1. The Morgan fingerprint density at radius 2 is 2.16 bits per heavy atom. The Hall–Kier alpha value is -1.81. The summed E-state index contributed by atoms with van der Waals surface area (Å²) in [6, 6.07) is 8.95. The first-order valence-corrected chi connectivity index (χ1v) is 9.67. The first-order valence-electron chi connectivity index (χ1n) is 9.67. The molecule has 4 heteroatoms. The van der Waals surface area contributed by atoms with Crippen LogP contribution in [0.5, 0.6) is 0 Å². The largest absolute Gasteiger partial charge is 0.465 e. The van der Waals surface area contributed by atoms with Gasteiger partial charge < -0.3 is 9.72 Å². The first-order chi connectivity index (χ1) is 12.2. The zero-order valence-electron chi connectivity index (χ0n) is 15.3.